The van der Waals surface area contributed by atoms with Crippen molar-refractivity contribution < 1.29 is 23.7 Å². The first-order valence-corrected chi connectivity index (χ1v) is 9.10. The van der Waals surface area contributed by atoms with Gasteiger partial charge in [-0.2, -0.15) is 0 Å². The summed E-state index contributed by atoms with van der Waals surface area (Å²) in [5.74, 6) is 0. The van der Waals surface area contributed by atoms with Gasteiger partial charge in [-0.3, -0.25) is 4.79 Å². The van der Waals surface area contributed by atoms with Crippen molar-refractivity contribution in [2.45, 2.75) is 53.9 Å². The van der Waals surface area contributed by atoms with Crippen LogP contribution in [0.1, 0.15) is 58.9 Å². The van der Waals surface area contributed by atoms with Gasteiger partial charge in [0.2, 0.25) is 0 Å². The summed E-state index contributed by atoms with van der Waals surface area (Å²) < 4.78 is 0. The fraction of sp³-hybridized carbons (Fsp3) is 0.381. The van der Waals surface area contributed by atoms with Crippen molar-refractivity contribution in [2.24, 2.45) is 0 Å². The smallest absolute Gasteiger partial charge is 0.289 e. The van der Waals surface area contributed by atoms with E-state index in [2.05, 4.69) is 78.8 Å². The van der Waals surface area contributed by atoms with Crippen molar-refractivity contribution >= 4 is 19.4 Å². The fourth-order valence-corrected chi connectivity index (χ4v) is 4.25. The van der Waals surface area contributed by atoms with Gasteiger partial charge in [-0.1, -0.05) is 51.1 Å². The summed E-state index contributed by atoms with van der Waals surface area (Å²) in [4.78, 5) is 12.9. The van der Waals surface area contributed by atoms with Crippen LogP contribution < -0.4 is 24.2 Å². The zero-order valence-electron chi connectivity index (χ0n) is 16.3. The van der Waals surface area contributed by atoms with Crippen LogP contribution in [0.15, 0.2) is 30.3 Å². The number of aryl methyl sites for hydroxylation is 4. The summed E-state index contributed by atoms with van der Waals surface area (Å²) >= 11 is 0. The van der Waals surface area contributed by atoms with E-state index < -0.39 is 0 Å². The standard InChI is InChI=1S/C21H27OP.Li/c1-13-9-8-10-14(2)19(13)23-20(22)18-15(3)11-17(12-16(18)4)21(5,6)7;/h8-12,23H,1-7H3;/q;+1. The Balaban J connectivity index is 0.00000288. The van der Waals surface area contributed by atoms with Crippen molar-refractivity contribution in [3.05, 3.63) is 63.7 Å². The van der Waals surface area contributed by atoms with Crippen molar-refractivity contribution in [1.29, 1.82) is 0 Å². The molecule has 0 amide bonds. The van der Waals surface area contributed by atoms with Gasteiger partial charge >= 0.3 is 18.9 Å². The first-order valence-electron chi connectivity index (χ1n) is 8.10. The molecule has 0 aromatic heterocycles. The quantitative estimate of drug-likeness (QED) is 0.623. The first kappa shape index (κ1) is 21.2. The Morgan fingerprint density at radius 3 is 1.75 bits per heavy atom. The Morgan fingerprint density at radius 1 is 0.875 bits per heavy atom. The zero-order valence-corrected chi connectivity index (χ0v) is 17.3. The number of hydrogen-bond donors (Lipinski definition) is 0. The van der Waals surface area contributed by atoms with Crippen molar-refractivity contribution in [1.82, 2.24) is 0 Å². The van der Waals surface area contributed by atoms with Crippen LogP contribution in [-0.2, 0) is 5.41 Å². The van der Waals surface area contributed by atoms with Gasteiger partial charge in [-0.25, -0.2) is 0 Å². The molecule has 24 heavy (non-hydrogen) atoms. The molecule has 0 aliphatic carbocycles. The van der Waals surface area contributed by atoms with Gasteiger partial charge in [0.1, 0.15) is 0 Å². The van der Waals surface area contributed by atoms with Crippen LogP contribution in [0, 0.1) is 27.7 Å². The van der Waals surface area contributed by atoms with E-state index in [0.29, 0.717) is 0 Å². The van der Waals surface area contributed by atoms with Gasteiger partial charge in [-0.15, -0.1) is 0 Å². The minimum absolute atomic E-state index is 0. The van der Waals surface area contributed by atoms with Crippen molar-refractivity contribution in [2.75, 3.05) is 0 Å². The SMILES string of the molecule is Cc1cccc(C)c1PC(=O)c1c(C)cc(C(C)(C)C)cc1C.[Li+]. The molecule has 3 heteroatoms. The molecule has 0 bridgehead atoms. The van der Waals surface area contributed by atoms with Crippen LogP contribution in [0.2, 0.25) is 0 Å². The van der Waals surface area contributed by atoms with Crippen LogP contribution in [-0.4, -0.2) is 5.52 Å². The van der Waals surface area contributed by atoms with E-state index in [0.717, 1.165) is 16.7 Å². The first-order chi connectivity index (χ1) is 10.6. The largest absolute Gasteiger partial charge is 1.00 e. The van der Waals surface area contributed by atoms with E-state index in [1.165, 1.54) is 22.0 Å². The van der Waals surface area contributed by atoms with Crippen LogP contribution in [0.5, 0.6) is 0 Å². The van der Waals surface area contributed by atoms with Crippen LogP contribution in [0.3, 0.4) is 0 Å². The Morgan fingerprint density at radius 2 is 1.33 bits per heavy atom. The average Bonchev–Trinajstić information content (AvgIpc) is 2.41. The summed E-state index contributed by atoms with van der Waals surface area (Å²) in [5.41, 5.74) is 7.15. The molecule has 0 saturated heterocycles. The summed E-state index contributed by atoms with van der Waals surface area (Å²) in [6, 6.07) is 10.6. The molecule has 0 N–H and O–H groups in total. The Kier molecular flexibility index (Phi) is 7.07. The number of benzene rings is 2. The minimum atomic E-state index is 0. The number of rotatable bonds is 3. The third kappa shape index (κ3) is 4.61. The monoisotopic (exact) mass is 333 g/mol. The fourth-order valence-electron chi connectivity index (χ4n) is 2.94. The Hall–Kier alpha value is -0.863. The molecule has 0 aliphatic heterocycles. The molecule has 0 fully saturated rings. The summed E-state index contributed by atoms with van der Waals surface area (Å²) in [5, 5.41) is 1.19. The van der Waals surface area contributed by atoms with Gasteiger partial charge in [0.15, 0.2) is 5.52 Å². The summed E-state index contributed by atoms with van der Waals surface area (Å²) in [6.07, 6.45) is 0. The van der Waals surface area contributed by atoms with E-state index in [1.54, 1.807) is 0 Å². The van der Waals surface area contributed by atoms with Crippen LogP contribution in [0.25, 0.3) is 0 Å². The second kappa shape index (κ2) is 8.01. The van der Waals surface area contributed by atoms with E-state index >= 15 is 0 Å². The normalized spacial score (nSPS) is 11.6. The van der Waals surface area contributed by atoms with Gasteiger partial charge in [0.05, 0.1) is 0 Å². The molecular formula is C21H27LiOP+. The predicted octanol–water partition coefficient (Wildman–Crippen LogP) is 2.37. The molecule has 0 aliphatic rings. The Bertz CT molecular complexity index is 714. The topological polar surface area (TPSA) is 17.1 Å². The molecule has 0 heterocycles. The van der Waals surface area contributed by atoms with E-state index in [1.807, 2.05) is 0 Å². The van der Waals surface area contributed by atoms with Crippen molar-refractivity contribution in [3.8, 4) is 0 Å². The molecule has 0 spiro atoms. The maximum Gasteiger partial charge on any atom is 1.00 e. The summed E-state index contributed by atoms with van der Waals surface area (Å²) in [7, 11) is 0.191. The second-order valence-electron chi connectivity index (χ2n) is 7.46. The van der Waals surface area contributed by atoms with Gasteiger partial charge in [0, 0.05) is 5.56 Å². The van der Waals surface area contributed by atoms with Gasteiger partial charge < -0.3 is 0 Å². The van der Waals surface area contributed by atoms with E-state index in [9.17, 15) is 4.79 Å². The molecule has 122 valence electrons. The average molecular weight is 333 g/mol. The van der Waals surface area contributed by atoms with E-state index in [-0.39, 0.29) is 38.4 Å². The maximum absolute atomic E-state index is 12.9. The molecule has 0 saturated carbocycles. The minimum Gasteiger partial charge on any atom is -0.289 e. The predicted molar refractivity (Wildman–Crippen MR) is 103 cm³/mol. The Labute approximate surface area is 160 Å². The maximum atomic E-state index is 12.9. The molecule has 2 rings (SSSR count). The van der Waals surface area contributed by atoms with Gasteiger partial charge in [-0.05, 0) is 74.8 Å². The zero-order chi connectivity index (χ0) is 17.4. The molecule has 2 aromatic rings. The third-order valence-corrected chi connectivity index (χ3v) is 5.86. The van der Waals surface area contributed by atoms with Gasteiger partial charge in [0.25, 0.3) is 0 Å². The molecule has 1 atom stereocenters. The number of carbonyl (C=O) groups is 1. The number of carbonyl (C=O) groups excluding carboxylic acids is 1. The molecule has 2 aromatic carbocycles. The number of hydrogen-bond acceptors (Lipinski definition) is 1. The van der Waals surface area contributed by atoms with E-state index in [4.69, 9.17) is 0 Å². The molecule has 1 nitrogen and oxygen atoms in total. The van der Waals surface area contributed by atoms with Crippen molar-refractivity contribution in [3.63, 3.8) is 0 Å². The van der Waals surface area contributed by atoms with Crippen LogP contribution in [0.4, 0.5) is 0 Å². The molecule has 1 unspecified atom stereocenters. The van der Waals surface area contributed by atoms with Crippen LogP contribution >= 0.6 is 8.58 Å². The summed E-state index contributed by atoms with van der Waals surface area (Å²) in [6.45, 7) is 14.9. The second-order valence-corrected chi connectivity index (χ2v) is 8.66. The third-order valence-electron chi connectivity index (χ3n) is 4.35. The molecular weight excluding hydrogens is 306 g/mol. The molecule has 0 radical (unpaired) electrons.